The van der Waals surface area contributed by atoms with Crippen LogP contribution < -0.4 is 11.1 Å². The fourth-order valence-electron chi connectivity index (χ4n) is 2.69. The van der Waals surface area contributed by atoms with Gasteiger partial charge in [-0.05, 0) is 43.7 Å². The van der Waals surface area contributed by atoms with E-state index in [9.17, 15) is 22.7 Å². The molecule has 0 aliphatic rings. The number of hydrogen-bond donors (Lipinski definition) is 3. The number of aromatic nitrogens is 1. The van der Waals surface area contributed by atoms with Gasteiger partial charge < -0.3 is 16.2 Å². The molecule has 4 N–H and O–H groups in total. The summed E-state index contributed by atoms with van der Waals surface area (Å²) in [5.74, 6) is -0.952. The van der Waals surface area contributed by atoms with Crippen LogP contribution in [0.2, 0.25) is 0 Å². The average Bonchev–Trinajstić information content (AvgIpc) is 3.04. The minimum Gasteiger partial charge on any atom is -0.386 e. The highest BCUT2D eigenvalue weighted by Crippen LogP contribution is 2.38. The molecule has 0 aliphatic carbocycles. The quantitative estimate of drug-likeness (QED) is 0.530. The van der Waals surface area contributed by atoms with E-state index in [1.54, 1.807) is 19.9 Å². The number of nitrogens with one attached hydrogen (secondary N) is 1. The van der Waals surface area contributed by atoms with Crippen LogP contribution >= 0.6 is 11.3 Å². The number of hydrogen-bond acceptors (Lipinski definition) is 7. The van der Waals surface area contributed by atoms with Crippen molar-refractivity contribution in [1.82, 2.24) is 4.98 Å². The van der Waals surface area contributed by atoms with E-state index in [1.807, 2.05) is 0 Å². The first-order chi connectivity index (χ1) is 13.9. The van der Waals surface area contributed by atoms with E-state index in [0.717, 1.165) is 17.6 Å². The summed E-state index contributed by atoms with van der Waals surface area (Å²) in [4.78, 5) is 16.4. The predicted molar refractivity (Wildman–Crippen MR) is 114 cm³/mol. The molecule has 3 rings (SSSR count). The van der Waals surface area contributed by atoms with E-state index in [4.69, 9.17) is 5.73 Å². The highest BCUT2D eigenvalue weighted by Gasteiger charge is 2.21. The van der Waals surface area contributed by atoms with Gasteiger partial charge in [0, 0.05) is 22.9 Å². The number of carbonyl (C=O) groups excluding carboxylic acids is 1. The zero-order chi connectivity index (χ0) is 22.3. The first-order valence-electron chi connectivity index (χ1n) is 8.76. The second-order valence-corrected chi connectivity index (χ2v) is 10.3. The van der Waals surface area contributed by atoms with E-state index in [2.05, 4.69) is 10.3 Å². The minimum atomic E-state index is -3.39. The Balaban J connectivity index is 1.97. The fraction of sp³-hybridized carbons (Fsp3) is 0.200. The maximum atomic E-state index is 14.7. The average molecular weight is 450 g/mol. The molecule has 0 saturated heterocycles. The Morgan fingerprint density at radius 2 is 1.93 bits per heavy atom. The van der Waals surface area contributed by atoms with Crippen LogP contribution in [0, 0.1) is 5.82 Å². The molecule has 7 nitrogen and oxygen atoms in total. The molecule has 2 heterocycles. The lowest BCUT2D eigenvalue weighted by atomic mass is 9.96. The molecule has 0 spiro atoms. The number of rotatable bonds is 6. The van der Waals surface area contributed by atoms with Crippen molar-refractivity contribution in [1.29, 1.82) is 0 Å². The molecule has 0 atom stereocenters. The van der Waals surface area contributed by atoms with Crippen molar-refractivity contribution in [2.24, 2.45) is 5.73 Å². The van der Waals surface area contributed by atoms with Gasteiger partial charge in [0.15, 0.2) is 9.84 Å². The molecular formula is C20H20FN3O4S2. The standard InChI is InChI=1S/C20H20FN3O4S2/c1-20(2,26)11-4-6-13(15(21)8-11)16-9-14(18(22)25)19(29-16)24-17-7-5-12(10-23-17)30(3,27)28/h4-10,26H,1-3H3,(H2,22,25)(H,23,24). The van der Waals surface area contributed by atoms with Crippen LogP contribution in [-0.2, 0) is 15.4 Å². The summed E-state index contributed by atoms with van der Waals surface area (Å²) in [6, 6.07) is 8.71. The van der Waals surface area contributed by atoms with Crippen molar-refractivity contribution < 1.29 is 22.7 Å². The SMILES string of the molecule is CC(C)(O)c1ccc(-c2cc(C(N)=O)c(Nc3ccc(S(C)(=O)=O)cn3)s2)c(F)c1. The van der Waals surface area contributed by atoms with Crippen molar-refractivity contribution in [3.05, 3.63) is 59.5 Å². The summed E-state index contributed by atoms with van der Waals surface area (Å²) in [5.41, 5.74) is 5.09. The lowest BCUT2D eigenvalue weighted by Gasteiger charge is -2.18. The molecule has 0 bridgehead atoms. The van der Waals surface area contributed by atoms with E-state index < -0.39 is 27.2 Å². The molecule has 10 heteroatoms. The number of nitrogens with zero attached hydrogens (tertiary/aromatic N) is 1. The number of anilines is 2. The Labute approximate surface area is 177 Å². The Bertz CT molecular complexity index is 1210. The molecule has 3 aromatic rings. The molecule has 1 amide bonds. The van der Waals surface area contributed by atoms with Gasteiger partial charge in [-0.25, -0.2) is 17.8 Å². The number of halogens is 1. The second-order valence-electron chi connectivity index (χ2n) is 7.25. The number of thiophene rings is 1. The predicted octanol–water partition coefficient (Wildman–Crippen LogP) is 3.42. The highest BCUT2D eigenvalue weighted by molar-refractivity contribution is 7.90. The topological polar surface area (TPSA) is 122 Å². The first-order valence-corrected chi connectivity index (χ1v) is 11.5. The monoisotopic (exact) mass is 449 g/mol. The molecule has 0 saturated carbocycles. The van der Waals surface area contributed by atoms with Gasteiger partial charge in [0.25, 0.3) is 5.91 Å². The summed E-state index contributed by atoms with van der Waals surface area (Å²) in [6.45, 7) is 3.11. The van der Waals surface area contributed by atoms with Gasteiger partial charge in [0.05, 0.1) is 16.1 Å². The van der Waals surface area contributed by atoms with E-state index in [0.29, 0.717) is 21.3 Å². The molecule has 0 aliphatic heterocycles. The lowest BCUT2D eigenvalue weighted by molar-refractivity contribution is 0.0782. The maximum Gasteiger partial charge on any atom is 0.251 e. The third-order valence-electron chi connectivity index (χ3n) is 4.34. The first kappa shape index (κ1) is 21.9. The number of carbonyl (C=O) groups is 1. The third kappa shape index (κ3) is 4.66. The number of aliphatic hydroxyl groups is 1. The lowest BCUT2D eigenvalue weighted by Crippen LogP contribution is -2.15. The minimum absolute atomic E-state index is 0.0593. The van der Waals surface area contributed by atoms with Gasteiger partial charge in [-0.15, -0.1) is 11.3 Å². The van der Waals surface area contributed by atoms with E-state index in [1.165, 1.54) is 36.5 Å². The summed E-state index contributed by atoms with van der Waals surface area (Å²) in [6.07, 6.45) is 2.27. The van der Waals surface area contributed by atoms with Crippen LogP contribution in [0.25, 0.3) is 10.4 Å². The number of benzene rings is 1. The largest absolute Gasteiger partial charge is 0.386 e. The van der Waals surface area contributed by atoms with Gasteiger partial charge in [-0.3, -0.25) is 4.79 Å². The van der Waals surface area contributed by atoms with Crippen LogP contribution in [0.1, 0.15) is 29.8 Å². The van der Waals surface area contributed by atoms with Gasteiger partial charge in [-0.2, -0.15) is 0 Å². The molecular weight excluding hydrogens is 429 g/mol. The molecule has 2 aromatic heterocycles. The van der Waals surface area contributed by atoms with E-state index >= 15 is 0 Å². The number of amides is 1. The van der Waals surface area contributed by atoms with Gasteiger partial charge in [0.2, 0.25) is 0 Å². The van der Waals surface area contributed by atoms with Gasteiger partial charge in [-0.1, -0.05) is 12.1 Å². The normalized spacial score (nSPS) is 12.0. The van der Waals surface area contributed by atoms with Crippen molar-refractivity contribution >= 4 is 37.9 Å². The van der Waals surface area contributed by atoms with Crippen molar-refractivity contribution in [3.8, 4) is 10.4 Å². The highest BCUT2D eigenvalue weighted by atomic mass is 32.2. The number of nitrogens with two attached hydrogens (primary N) is 1. The maximum absolute atomic E-state index is 14.7. The smallest absolute Gasteiger partial charge is 0.251 e. The summed E-state index contributed by atoms with van der Waals surface area (Å²) >= 11 is 1.10. The Morgan fingerprint density at radius 1 is 1.23 bits per heavy atom. The zero-order valence-electron chi connectivity index (χ0n) is 16.4. The number of primary amides is 1. The molecule has 0 fully saturated rings. The summed E-state index contributed by atoms with van der Waals surface area (Å²) in [7, 11) is -3.39. The summed E-state index contributed by atoms with van der Waals surface area (Å²) < 4.78 is 37.8. The second kappa shape index (κ2) is 7.78. The number of sulfone groups is 1. The van der Waals surface area contributed by atoms with Crippen molar-refractivity contribution in [3.63, 3.8) is 0 Å². The van der Waals surface area contributed by atoms with Crippen LogP contribution in [0.4, 0.5) is 15.2 Å². The van der Waals surface area contributed by atoms with Crippen molar-refractivity contribution in [2.45, 2.75) is 24.3 Å². The van der Waals surface area contributed by atoms with Gasteiger partial charge >= 0.3 is 0 Å². The Kier molecular flexibility index (Phi) is 5.68. The van der Waals surface area contributed by atoms with Crippen LogP contribution in [0.15, 0.2) is 47.5 Å². The Hall–Kier alpha value is -2.82. The van der Waals surface area contributed by atoms with Crippen LogP contribution in [-0.4, -0.2) is 30.7 Å². The van der Waals surface area contributed by atoms with Gasteiger partial charge in [0.1, 0.15) is 16.6 Å². The molecule has 0 radical (unpaired) electrons. The molecule has 30 heavy (non-hydrogen) atoms. The fourth-order valence-corrected chi connectivity index (χ4v) is 4.34. The van der Waals surface area contributed by atoms with Crippen molar-refractivity contribution in [2.75, 3.05) is 11.6 Å². The zero-order valence-corrected chi connectivity index (χ0v) is 18.1. The Morgan fingerprint density at radius 3 is 2.43 bits per heavy atom. The summed E-state index contributed by atoms with van der Waals surface area (Å²) in [5, 5.41) is 13.3. The molecule has 0 unspecified atom stereocenters. The van der Waals surface area contributed by atoms with Crippen LogP contribution in [0.5, 0.6) is 0 Å². The van der Waals surface area contributed by atoms with Crippen LogP contribution in [0.3, 0.4) is 0 Å². The molecule has 1 aromatic carbocycles. The number of pyridine rings is 1. The molecule has 158 valence electrons. The third-order valence-corrected chi connectivity index (χ3v) is 6.53. The van der Waals surface area contributed by atoms with E-state index in [-0.39, 0.29) is 16.0 Å².